The maximum absolute atomic E-state index is 11.1. The van der Waals surface area contributed by atoms with E-state index in [1.165, 1.54) is 0 Å². The molecule has 0 aliphatic rings. The molecule has 0 saturated carbocycles. The molecule has 0 aliphatic carbocycles. The number of rotatable bonds is 3. The van der Waals surface area contributed by atoms with Crippen LogP contribution in [0.25, 0.3) is 11.3 Å². The summed E-state index contributed by atoms with van der Waals surface area (Å²) in [6.07, 6.45) is 1.16. The minimum absolute atomic E-state index is 0.118. The third-order valence-electron chi connectivity index (χ3n) is 2.03. The van der Waals surface area contributed by atoms with Crippen molar-refractivity contribution in [2.24, 2.45) is 0 Å². The summed E-state index contributed by atoms with van der Waals surface area (Å²) in [4.78, 5) is 0. The molecule has 16 heavy (non-hydrogen) atoms. The second-order valence-corrected chi connectivity index (χ2v) is 5.75. The van der Waals surface area contributed by atoms with Gasteiger partial charge in [-0.05, 0) is 0 Å². The molecule has 0 saturated heterocycles. The zero-order valence-electron chi connectivity index (χ0n) is 8.75. The maximum atomic E-state index is 11.1. The molecule has 0 unspecified atom stereocenters. The molecule has 5 heteroatoms. The Morgan fingerprint density at radius 2 is 1.94 bits per heavy atom. The van der Waals surface area contributed by atoms with Gasteiger partial charge >= 0.3 is 0 Å². The Bertz CT molecular complexity index is 572. The highest BCUT2D eigenvalue weighted by Gasteiger charge is 2.11. The van der Waals surface area contributed by atoms with Gasteiger partial charge in [-0.1, -0.05) is 35.5 Å². The standard InChI is InChI=1S/C11H11NO3S/c1-16(13,14)8-10-7-11(12-15-10)9-5-3-2-4-6-9/h2-7H,8H2,1H3. The Hall–Kier alpha value is -1.62. The van der Waals surface area contributed by atoms with E-state index >= 15 is 0 Å². The first kappa shape index (κ1) is 10.9. The van der Waals surface area contributed by atoms with Gasteiger partial charge in [-0.25, -0.2) is 8.42 Å². The number of sulfone groups is 1. The Labute approximate surface area is 93.8 Å². The van der Waals surface area contributed by atoms with E-state index < -0.39 is 9.84 Å². The van der Waals surface area contributed by atoms with E-state index in [9.17, 15) is 8.42 Å². The highest BCUT2D eigenvalue weighted by Crippen LogP contribution is 2.19. The number of aromatic nitrogens is 1. The maximum Gasteiger partial charge on any atom is 0.154 e. The summed E-state index contributed by atoms with van der Waals surface area (Å²) in [6, 6.07) is 11.1. The summed E-state index contributed by atoms with van der Waals surface area (Å²) in [5, 5.41) is 3.83. The number of nitrogens with zero attached hydrogens (tertiary/aromatic N) is 1. The summed E-state index contributed by atoms with van der Waals surface area (Å²) >= 11 is 0. The summed E-state index contributed by atoms with van der Waals surface area (Å²) in [5.41, 5.74) is 1.56. The lowest BCUT2D eigenvalue weighted by atomic mass is 10.1. The molecule has 2 aromatic rings. The minimum Gasteiger partial charge on any atom is -0.360 e. The van der Waals surface area contributed by atoms with Crippen LogP contribution in [0.4, 0.5) is 0 Å². The Morgan fingerprint density at radius 1 is 1.25 bits per heavy atom. The normalized spacial score (nSPS) is 11.6. The van der Waals surface area contributed by atoms with Crippen LogP contribution in [0.1, 0.15) is 5.76 Å². The molecule has 0 radical (unpaired) electrons. The van der Waals surface area contributed by atoms with E-state index in [0.717, 1.165) is 11.8 Å². The van der Waals surface area contributed by atoms with Crippen molar-refractivity contribution in [3.63, 3.8) is 0 Å². The SMILES string of the molecule is CS(=O)(=O)Cc1cc(-c2ccccc2)no1. The van der Waals surface area contributed by atoms with Crippen LogP contribution in [0.3, 0.4) is 0 Å². The van der Waals surface area contributed by atoms with Gasteiger partial charge in [-0.15, -0.1) is 0 Å². The Kier molecular flexibility index (Phi) is 2.78. The predicted molar refractivity (Wildman–Crippen MR) is 60.5 cm³/mol. The molecule has 0 aliphatic heterocycles. The fourth-order valence-electron chi connectivity index (χ4n) is 1.38. The van der Waals surface area contributed by atoms with E-state index in [2.05, 4.69) is 5.16 Å². The van der Waals surface area contributed by atoms with Crippen LogP contribution in [-0.4, -0.2) is 19.8 Å². The van der Waals surface area contributed by atoms with Crippen molar-refractivity contribution in [2.75, 3.05) is 6.26 Å². The summed E-state index contributed by atoms with van der Waals surface area (Å²) in [5.74, 6) is 0.244. The van der Waals surface area contributed by atoms with Gasteiger partial charge in [-0.3, -0.25) is 0 Å². The zero-order valence-corrected chi connectivity index (χ0v) is 9.57. The monoisotopic (exact) mass is 237 g/mol. The van der Waals surface area contributed by atoms with Gasteiger partial charge in [0.05, 0.1) is 0 Å². The first-order valence-electron chi connectivity index (χ1n) is 4.73. The second kappa shape index (κ2) is 4.09. The summed E-state index contributed by atoms with van der Waals surface area (Å²) in [6.45, 7) is 0. The fraction of sp³-hybridized carbons (Fsp3) is 0.182. The highest BCUT2D eigenvalue weighted by atomic mass is 32.2. The Balaban J connectivity index is 2.27. The van der Waals surface area contributed by atoms with E-state index in [1.54, 1.807) is 6.07 Å². The molecular weight excluding hydrogens is 226 g/mol. The van der Waals surface area contributed by atoms with Crippen LogP contribution in [0.2, 0.25) is 0 Å². The lowest BCUT2D eigenvalue weighted by molar-refractivity contribution is 0.395. The van der Waals surface area contributed by atoms with Gasteiger partial charge in [0.1, 0.15) is 11.4 Å². The van der Waals surface area contributed by atoms with Crippen LogP contribution in [-0.2, 0) is 15.6 Å². The van der Waals surface area contributed by atoms with Gasteiger partial charge in [0.15, 0.2) is 15.6 Å². The third-order valence-corrected chi connectivity index (χ3v) is 2.84. The Morgan fingerprint density at radius 3 is 2.56 bits per heavy atom. The van der Waals surface area contributed by atoms with Crippen LogP contribution in [0.15, 0.2) is 40.9 Å². The largest absolute Gasteiger partial charge is 0.360 e. The van der Waals surface area contributed by atoms with E-state index in [-0.39, 0.29) is 5.75 Å². The molecule has 0 atom stereocenters. The quantitative estimate of drug-likeness (QED) is 0.817. The van der Waals surface area contributed by atoms with Crippen LogP contribution in [0.5, 0.6) is 0 Å². The molecule has 1 aromatic carbocycles. The predicted octanol–water partition coefficient (Wildman–Crippen LogP) is 1.89. The van der Waals surface area contributed by atoms with Crippen LogP contribution < -0.4 is 0 Å². The molecule has 84 valence electrons. The average Bonchev–Trinajstić information content (AvgIpc) is 2.65. The smallest absolute Gasteiger partial charge is 0.154 e. The molecule has 0 N–H and O–H groups in total. The second-order valence-electron chi connectivity index (χ2n) is 3.61. The van der Waals surface area contributed by atoms with Crippen molar-refractivity contribution in [3.05, 3.63) is 42.2 Å². The van der Waals surface area contributed by atoms with Crippen molar-refractivity contribution >= 4 is 9.84 Å². The molecule has 0 amide bonds. The number of hydrogen-bond acceptors (Lipinski definition) is 4. The number of hydrogen-bond donors (Lipinski definition) is 0. The van der Waals surface area contributed by atoms with Crippen molar-refractivity contribution in [1.29, 1.82) is 0 Å². The molecule has 1 aromatic heterocycles. The van der Waals surface area contributed by atoms with E-state index in [1.807, 2.05) is 30.3 Å². The first-order chi connectivity index (χ1) is 7.54. The van der Waals surface area contributed by atoms with Gasteiger partial charge in [-0.2, -0.15) is 0 Å². The lowest BCUT2D eigenvalue weighted by Gasteiger charge is -1.91. The van der Waals surface area contributed by atoms with E-state index in [0.29, 0.717) is 11.5 Å². The van der Waals surface area contributed by atoms with Crippen LogP contribution >= 0.6 is 0 Å². The summed E-state index contributed by atoms with van der Waals surface area (Å²) in [7, 11) is -3.08. The molecular formula is C11H11NO3S. The lowest BCUT2D eigenvalue weighted by Crippen LogP contribution is -1.98. The molecule has 4 nitrogen and oxygen atoms in total. The van der Waals surface area contributed by atoms with Crippen molar-refractivity contribution in [1.82, 2.24) is 5.16 Å². The molecule has 1 heterocycles. The van der Waals surface area contributed by atoms with Gasteiger partial charge < -0.3 is 4.52 Å². The minimum atomic E-state index is -3.08. The average molecular weight is 237 g/mol. The molecule has 0 spiro atoms. The van der Waals surface area contributed by atoms with Gasteiger partial charge in [0.2, 0.25) is 0 Å². The van der Waals surface area contributed by atoms with Gasteiger partial charge in [0, 0.05) is 17.9 Å². The molecule has 0 fully saturated rings. The van der Waals surface area contributed by atoms with Gasteiger partial charge in [0.25, 0.3) is 0 Å². The van der Waals surface area contributed by atoms with Crippen molar-refractivity contribution < 1.29 is 12.9 Å². The van der Waals surface area contributed by atoms with E-state index in [4.69, 9.17) is 4.52 Å². The summed E-state index contributed by atoms with van der Waals surface area (Å²) < 4.78 is 27.1. The van der Waals surface area contributed by atoms with Crippen molar-refractivity contribution in [2.45, 2.75) is 5.75 Å². The third kappa shape index (κ3) is 2.70. The molecule has 2 rings (SSSR count). The fourth-order valence-corrected chi connectivity index (χ4v) is 2.04. The first-order valence-corrected chi connectivity index (χ1v) is 6.79. The molecule has 0 bridgehead atoms. The number of benzene rings is 1. The topological polar surface area (TPSA) is 60.2 Å². The van der Waals surface area contributed by atoms with Crippen LogP contribution in [0, 0.1) is 0 Å². The zero-order chi connectivity index (χ0) is 11.6. The van der Waals surface area contributed by atoms with Crippen molar-refractivity contribution in [3.8, 4) is 11.3 Å². The highest BCUT2D eigenvalue weighted by molar-refractivity contribution is 7.89.